The van der Waals surface area contributed by atoms with E-state index in [4.69, 9.17) is 28.9 Å². The van der Waals surface area contributed by atoms with Crippen LogP contribution in [-0.4, -0.2) is 26.5 Å². The summed E-state index contributed by atoms with van der Waals surface area (Å²) in [5, 5.41) is 1.29. The smallest absolute Gasteiger partial charge is 0.330 e. The van der Waals surface area contributed by atoms with Gasteiger partial charge in [-0.25, -0.2) is 19.9 Å². The van der Waals surface area contributed by atoms with Gasteiger partial charge >= 0.3 is 12.4 Å². The highest BCUT2D eigenvalue weighted by Crippen LogP contribution is 2.30. The molecule has 0 aliphatic heterocycles. The zero-order valence-electron chi connectivity index (χ0n) is 25.1. The Morgan fingerprint density at radius 1 is 0.600 bits per heavy atom. The number of aromatic nitrogens is 4. The van der Waals surface area contributed by atoms with Crippen molar-refractivity contribution in [3.63, 3.8) is 0 Å². The molecule has 13 heteroatoms. The van der Waals surface area contributed by atoms with E-state index >= 15 is 0 Å². The Labute approximate surface area is 269 Å². The van der Waals surface area contributed by atoms with Crippen LogP contribution in [0.25, 0.3) is 0 Å². The monoisotopic (exact) mass is 673 g/mol. The lowest BCUT2D eigenvalue weighted by Gasteiger charge is -2.08. The van der Waals surface area contributed by atoms with Gasteiger partial charge in [0.25, 0.3) is 0 Å². The lowest BCUT2D eigenvalue weighted by atomic mass is 10.0. The Morgan fingerprint density at radius 3 is 1.44 bits per heavy atom. The van der Waals surface area contributed by atoms with E-state index in [1.54, 1.807) is 6.33 Å². The minimum atomic E-state index is -4.29. The highest BCUT2D eigenvalue weighted by atomic mass is 35.5. The lowest BCUT2D eigenvalue weighted by molar-refractivity contribution is -0.138. The summed E-state index contributed by atoms with van der Waals surface area (Å²) < 4.78 is 73.7. The predicted molar refractivity (Wildman–Crippen MR) is 165 cm³/mol. The predicted octanol–water partition coefficient (Wildman–Crippen LogP) is 9.09. The van der Waals surface area contributed by atoms with Gasteiger partial charge in [0.15, 0.2) is 0 Å². The second kappa shape index (κ2) is 18.0. The number of alkyl halides is 6. The SMILES string of the molecule is CCc1ncnc(C)c1Cl.CCc1ncnc(CCCc2ccc(C(F)(F)F)cc2)c1Cl.NCCc1ccc(C(F)(F)F)cc1. The van der Waals surface area contributed by atoms with E-state index in [9.17, 15) is 26.3 Å². The standard InChI is InChI=1S/C16H16ClF3N2.C9H10F3N.C7H9ClN2/c1-2-13-15(17)14(22-10-21-13)5-3-4-11-6-8-12(9-7-11)16(18,19)20;10-9(11,12)8-3-1-7(2-4-8)5-6-13;1-3-6-7(8)5(2)9-4-10-6/h6-10H,2-5H2,1H3;1-4H,5-6,13H2;4H,3H2,1-2H3. The largest absolute Gasteiger partial charge is 0.416 e. The Morgan fingerprint density at radius 2 is 1.02 bits per heavy atom. The van der Waals surface area contributed by atoms with Crippen LogP contribution in [0, 0.1) is 6.92 Å². The molecule has 0 fully saturated rings. The average molecular weight is 675 g/mol. The second-order valence-corrected chi connectivity index (χ2v) is 10.5. The number of aryl methyl sites for hydroxylation is 5. The Kier molecular flexibility index (Phi) is 15.2. The molecule has 0 aliphatic carbocycles. The number of hydrogen-bond acceptors (Lipinski definition) is 5. The first kappa shape index (κ1) is 37.9. The van der Waals surface area contributed by atoms with Crippen LogP contribution in [-0.2, 0) is 44.5 Å². The zero-order chi connectivity index (χ0) is 33.6. The number of hydrogen-bond donors (Lipinski definition) is 1. The van der Waals surface area contributed by atoms with Gasteiger partial charge < -0.3 is 5.73 Å². The highest BCUT2D eigenvalue weighted by molar-refractivity contribution is 6.32. The molecule has 2 aromatic carbocycles. The first-order chi connectivity index (χ1) is 21.2. The van der Waals surface area contributed by atoms with Gasteiger partial charge in [-0.15, -0.1) is 0 Å². The third-order valence-corrected chi connectivity index (χ3v) is 7.44. The van der Waals surface area contributed by atoms with Crippen LogP contribution < -0.4 is 5.73 Å². The first-order valence-corrected chi connectivity index (χ1v) is 14.9. The maximum Gasteiger partial charge on any atom is 0.416 e. The third-order valence-electron chi connectivity index (χ3n) is 6.51. The summed E-state index contributed by atoms with van der Waals surface area (Å²) in [6.07, 6.45) is -1.16. The van der Waals surface area contributed by atoms with E-state index in [-0.39, 0.29) is 0 Å². The fraction of sp³-hybridized carbons (Fsp3) is 0.375. The normalized spacial score (nSPS) is 11.3. The number of benzene rings is 2. The Bertz CT molecular complexity index is 1460. The molecule has 2 aromatic heterocycles. The Hall–Kier alpha value is -3.28. The molecule has 4 rings (SSSR count). The van der Waals surface area contributed by atoms with Gasteiger partial charge in [0.05, 0.1) is 43.9 Å². The summed E-state index contributed by atoms with van der Waals surface area (Å²) in [4.78, 5) is 16.2. The van der Waals surface area contributed by atoms with E-state index in [1.807, 2.05) is 20.8 Å². The van der Waals surface area contributed by atoms with Crippen molar-refractivity contribution in [3.05, 3.63) is 116 Å². The lowest BCUT2D eigenvalue weighted by Crippen LogP contribution is -2.06. The van der Waals surface area contributed by atoms with Crippen molar-refractivity contribution in [2.45, 2.75) is 71.6 Å². The number of nitrogens with two attached hydrogens (primary N) is 1. The van der Waals surface area contributed by atoms with Crippen LogP contribution in [0.2, 0.25) is 10.0 Å². The molecule has 2 N–H and O–H groups in total. The topological polar surface area (TPSA) is 77.6 Å². The molecule has 0 radical (unpaired) electrons. The average Bonchev–Trinajstić information content (AvgIpc) is 3.00. The molecule has 244 valence electrons. The van der Waals surface area contributed by atoms with Crippen LogP contribution >= 0.6 is 23.2 Å². The molecule has 0 aliphatic rings. The molecular weight excluding hydrogens is 639 g/mol. The summed E-state index contributed by atoms with van der Waals surface area (Å²) in [5.41, 5.74) is 9.11. The van der Waals surface area contributed by atoms with Crippen molar-refractivity contribution >= 4 is 23.2 Å². The van der Waals surface area contributed by atoms with Crippen LogP contribution in [0.1, 0.15) is 65.3 Å². The van der Waals surface area contributed by atoms with E-state index in [2.05, 4.69) is 19.9 Å². The van der Waals surface area contributed by atoms with Crippen molar-refractivity contribution in [3.8, 4) is 0 Å². The number of halogens is 8. The number of nitrogens with zero attached hydrogens (tertiary/aromatic N) is 4. The van der Waals surface area contributed by atoms with Crippen molar-refractivity contribution in [2.24, 2.45) is 5.73 Å². The first-order valence-electron chi connectivity index (χ1n) is 14.2. The fourth-order valence-electron chi connectivity index (χ4n) is 3.97. The maximum atomic E-state index is 12.5. The quantitative estimate of drug-likeness (QED) is 0.189. The van der Waals surface area contributed by atoms with E-state index in [1.165, 1.54) is 30.6 Å². The van der Waals surface area contributed by atoms with Gasteiger partial charge in [-0.05, 0) is 87.4 Å². The number of rotatable bonds is 8. The summed E-state index contributed by atoms with van der Waals surface area (Å²) in [6.45, 7) is 6.32. The van der Waals surface area contributed by atoms with Crippen LogP contribution in [0.15, 0.2) is 61.2 Å². The fourth-order valence-corrected chi connectivity index (χ4v) is 4.53. The van der Waals surface area contributed by atoms with Crippen LogP contribution in [0.5, 0.6) is 0 Å². The summed E-state index contributed by atoms with van der Waals surface area (Å²) >= 11 is 12.1. The van der Waals surface area contributed by atoms with Gasteiger partial charge in [-0.3, -0.25) is 0 Å². The molecule has 2 heterocycles. The van der Waals surface area contributed by atoms with Gasteiger partial charge in [0, 0.05) is 0 Å². The molecule has 0 spiro atoms. The molecule has 0 atom stereocenters. The molecule has 0 unspecified atom stereocenters. The third kappa shape index (κ3) is 12.6. The molecule has 0 amide bonds. The summed E-state index contributed by atoms with van der Waals surface area (Å²) in [6, 6.07) is 10.3. The molecule has 5 nitrogen and oxygen atoms in total. The molecule has 0 bridgehead atoms. The second-order valence-electron chi connectivity index (χ2n) is 9.79. The van der Waals surface area contributed by atoms with E-state index in [0.29, 0.717) is 35.9 Å². The minimum Gasteiger partial charge on any atom is -0.330 e. The highest BCUT2D eigenvalue weighted by Gasteiger charge is 2.30. The molecule has 0 saturated heterocycles. The minimum absolute atomic E-state index is 0.450. The van der Waals surface area contributed by atoms with Gasteiger partial charge in [0.1, 0.15) is 12.7 Å². The van der Waals surface area contributed by atoms with Crippen molar-refractivity contribution in [2.75, 3.05) is 6.54 Å². The molecule has 4 aromatic rings. The van der Waals surface area contributed by atoms with Crippen molar-refractivity contribution in [1.29, 1.82) is 0 Å². The van der Waals surface area contributed by atoms with Crippen LogP contribution in [0.3, 0.4) is 0 Å². The summed E-state index contributed by atoms with van der Waals surface area (Å²) in [5.74, 6) is 0. The molecular formula is C32H35Cl2F6N5. The molecule has 45 heavy (non-hydrogen) atoms. The van der Waals surface area contributed by atoms with E-state index < -0.39 is 23.5 Å². The van der Waals surface area contributed by atoms with E-state index in [0.717, 1.165) is 77.4 Å². The van der Waals surface area contributed by atoms with Gasteiger partial charge in [-0.1, -0.05) is 61.3 Å². The molecule has 0 saturated carbocycles. The maximum absolute atomic E-state index is 12.5. The van der Waals surface area contributed by atoms with Gasteiger partial charge in [0.2, 0.25) is 0 Å². The van der Waals surface area contributed by atoms with Crippen LogP contribution in [0.4, 0.5) is 26.3 Å². The Balaban J connectivity index is 0.000000259. The zero-order valence-corrected chi connectivity index (χ0v) is 26.6. The summed E-state index contributed by atoms with van der Waals surface area (Å²) in [7, 11) is 0. The van der Waals surface area contributed by atoms with Crippen molar-refractivity contribution in [1.82, 2.24) is 19.9 Å². The van der Waals surface area contributed by atoms with Gasteiger partial charge in [-0.2, -0.15) is 26.3 Å². The van der Waals surface area contributed by atoms with Crippen molar-refractivity contribution < 1.29 is 26.3 Å².